The van der Waals surface area contributed by atoms with Gasteiger partial charge in [0.2, 0.25) is 0 Å². The molecule has 0 spiro atoms. The van der Waals surface area contributed by atoms with Gasteiger partial charge in [0.05, 0.1) is 12.3 Å². The summed E-state index contributed by atoms with van der Waals surface area (Å²) >= 11 is 6.45. The monoisotopic (exact) mass is 418 g/mol. The maximum absolute atomic E-state index is 13.0. The van der Waals surface area contributed by atoms with Crippen LogP contribution in [0.15, 0.2) is 23.3 Å². The Hall–Kier alpha value is -2.54. The van der Waals surface area contributed by atoms with E-state index < -0.39 is 17.7 Å². The van der Waals surface area contributed by atoms with Crippen LogP contribution in [0.5, 0.6) is 5.75 Å². The van der Waals surface area contributed by atoms with E-state index in [-0.39, 0.29) is 18.4 Å². The van der Waals surface area contributed by atoms with E-state index in [1.54, 1.807) is 32.9 Å². The van der Waals surface area contributed by atoms with Crippen LogP contribution in [-0.2, 0) is 14.3 Å². The number of imide groups is 1. The van der Waals surface area contributed by atoms with Crippen LogP contribution in [0.2, 0.25) is 5.02 Å². The van der Waals surface area contributed by atoms with Crippen LogP contribution >= 0.6 is 11.6 Å². The van der Waals surface area contributed by atoms with Crippen LogP contribution in [-0.4, -0.2) is 30.1 Å². The quantitative estimate of drug-likeness (QED) is 0.749. The number of nitrogens with zero attached hydrogens (tertiary/aromatic N) is 1. The summed E-state index contributed by atoms with van der Waals surface area (Å²) in [5.41, 5.74) is 1.24. The highest BCUT2D eigenvalue weighted by Gasteiger charge is 2.48. The molecule has 1 aliphatic carbocycles. The number of carbonyl (C=O) groups excluding carboxylic acids is 3. The SMILES string of the molecule is CCOC(=O)N[C@@H]1c2c(Cl)ccc(N3C(=O)C4=C(CCCC4)C3=O)c2OC1(C)C. The van der Waals surface area contributed by atoms with Gasteiger partial charge in [-0.15, -0.1) is 0 Å². The Morgan fingerprint density at radius 1 is 1.24 bits per heavy atom. The molecule has 0 saturated carbocycles. The topological polar surface area (TPSA) is 84.9 Å². The minimum absolute atomic E-state index is 0.231. The van der Waals surface area contributed by atoms with Crippen molar-refractivity contribution in [3.63, 3.8) is 0 Å². The number of hydrogen-bond acceptors (Lipinski definition) is 5. The Balaban J connectivity index is 1.76. The van der Waals surface area contributed by atoms with Gasteiger partial charge < -0.3 is 14.8 Å². The van der Waals surface area contributed by atoms with Crippen molar-refractivity contribution in [3.8, 4) is 5.75 Å². The van der Waals surface area contributed by atoms with Crippen molar-refractivity contribution in [1.82, 2.24) is 5.32 Å². The predicted octanol–water partition coefficient (Wildman–Crippen LogP) is 4.04. The van der Waals surface area contributed by atoms with Gasteiger partial charge in [0.15, 0.2) is 5.75 Å². The smallest absolute Gasteiger partial charge is 0.407 e. The van der Waals surface area contributed by atoms with E-state index in [1.807, 2.05) is 0 Å². The molecule has 3 aliphatic rings. The molecule has 1 aromatic carbocycles. The van der Waals surface area contributed by atoms with Gasteiger partial charge in [-0.3, -0.25) is 9.59 Å². The zero-order valence-electron chi connectivity index (χ0n) is 16.6. The molecule has 0 unspecified atom stereocenters. The highest BCUT2D eigenvalue weighted by atomic mass is 35.5. The van der Waals surface area contributed by atoms with Crippen molar-refractivity contribution in [2.75, 3.05) is 11.5 Å². The zero-order chi connectivity index (χ0) is 20.9. The lowest BCUT2D eigenvalue weighted by atomic mass is 9.93. The summed E-state index contributed by atoms with van der Waals surface area (Å²) in [6.07, 6.45) is 2.45. The molecular weight excluding hydrogens is 396 g/mol. The normalized spacial score (nSPS) is 22.3. The van der Waals surface area contributed by atoms with Gasteiger partial charge in [-0.1, -0.05) is 11.6 Å². The number of rotatable bonds is 3. The number of nitrogens with one attached hydrogen (secondary N) is 1. The Morgan fingerprint density at radius 3 is 2.45 bits per heavy atom. The van der Waals surface area contributed by atoms with Gasteiger partial charge in [-0.05, 0) is 58.6 Å². The number of ether oxygens (including phenoxy) is 2. The molecule has 1 aromatic rings. The first-order valence-corrected chi connectivity index (χ1v) is 10.2. The van der Waals surface area contributed by atoms with Crippen molar-refractivity contribution in [1.29, 1.82) is 0 Å². The summed E-state index contributed by atoms with van der Waals surface area (Å²) in [4.78, 5) is 39.3. The van der Waals surface area contributed by atoms with E-state index in [9.17, 15) is 14.4 Å². The molecule has 0 bridgehead atoms. The highest BCUT2D eigenvalue weighted by molar-refractivity contribution is 6.34. The van der Waals surface area contributed by atoms with Crippen LogP contribution < -0.4 is 15.0 Å². The molecule has 4 rings (SSSR count). The molecule has 29 heavy (non-hydrogen) atoms. The van der Waals surface area contributed by atoms with E-state index in [0.29, 0.717) is 46.0 Å². The summed E-state index contributed by atoms with van der Waals surface area (Å²) in [6.45, 7) is 5.56. The Bertz CT molecular complexity index is 925. The predicted molar refractivity (Wildman–Crippen MR) is 107 cm³/mol. The van der Waals surface area contributed by atoms with E-state index in [0.717, 1.165) is 12.8 Å². The minimum atomic E-state index is -0.853. The zero-order valence-corrected chi connectivity index (χ0v) is 17.4. The molecular formula is C21H23ClN2O5. The minimum Gasteiger partial charge on any atom is -0.483 e. The third-order valence-electron chi connectivity index (χ3n) is 5.64. The number of fused-ring (bicyclic) bond motifs is 1. The fourth-order valence-electron chi connectivity index (χ4n) is 4.28. The lowest BCUT2D eigenvalue weighted by Gasteiger charge is -2.27. The van der Waals surface area contributed by atoms with Gasteiger partial charge in [-0.25, -0.2) is 9.69 Å². The Morgan fingerprint density at radius 2 is 1.86 bits per heavy atom. The average molecular weight is 419 g/mol. The van der Waals surface area contributed by atoms with Crippen LogP contribution in [0.3, 0.4) is 0 Å². The Labute approximate surface area is 174 Å². The van der Waals surface area contributed by atoms with Crippen molar-refractivity contribution in [2.45, 2.75) is 58.1 Å². The summed E-state index contributed by atoms with van der Waals surface area (Å²) < 4.78 is 11.1. The Kier molecular flexibility index (Phi) is 4.81. The maximum atomic E-state index is 13.0. The molecule has 2 aliphatic heterocycles. The van der Waals surface area contributed by atoms with Crippen LogP contribution in [0, 0.1) is 0 Å². The fourth-order valence-corrected chi connectivity index (χ4v) is 4.54. The molecule has 3 amide bonds. The fraction of sp³-hybridized carbons (Fsp3) is 0.476. The average Bonchev–Trinajstić information content (AvgIpc) is 3.08. The van der Waals surface area contributed by atoms with E-state index in [1.165, 1.54) is 4.90 Å². The van der Waals surface area contributed by atoms with E-state index in [4.69, 9.17) is 21.1 Å². The summed E-state index contributed by atoms with van der Waals surface area (Å²) in [6, 6.07) is 2.65. The second-order valence-corrected chi connectivity index (χ2v) is 8.33. The lowest BCUT2D eigenvalue weighted by molar-refractivity contribution is -0.120. The summed E-state index contributed by atoms with van der Waals surface area (Å²) in [5, 5.41) is 3.17. The first-order chi connectivity index (χ1) is 13.8. The number of anilines is 1. The number of halogens is 1. The molecule has 0 saturated heterocycles. The number of hydrogen-bond donors (Lipinski definition) is 1. The third kappa shape index (κ3) is 3.08. The largest absolute Gasteiger partial charge is 0.483 e. The molecule has 2 heterocycles. The molecule has 0 radical (unpaired) electrons. The van der Waals surface area contributed by atoms with Gasteiger partial charge in [0.25, 0.3) is 11.8 Å². The first-order valence-electron chi connectivity index (χ1n) is 9.81. The van der Waals surface area contributed by atoms with E-state index >= 15 is 0 Å². The number of carbonyl (C=O) groups is 3. The van der Waals surface area contributed by atoms with E-state index in [2.05, 4.69) is 5.32 Å². The van der Waals surface area contributed by atoms with Gasteiger partial charge >= 0.3 is 6.09 Å². The lowest BCUT2D eigenvalue weighted by Crippen LogP contribution is -2.42. The van der Waals surface area contributed by atoms with Gasteiger partial charge in [-0.2, -0.15) is 0 Å². The first kappa shape index (κ1) is 19.8. The number of amides is 3. The third-order valence-corrected chi connectivity index (χ3v) is 5.97. The molecule has 154 valence electrons. The van der Waals surface area contributed by atoms with Crippen LogP contribution in [0.1, 0.15) is 58.1 Å². The highest BCUT2D eigenvalue weighted by Crippen LogP contribution is 2.52. The second kappa shape index (κ2) is 7.06. The molecule has 1 N–H and O–H groups in total. The molecule has 0 aromatic heterocycles. The van der Waals surface area contributed by atoms with Crippen molar-refractivity contribution >= 4 is 35.2 Å². The number of alkyl carbamates (subject to hydrolysis) is 1. The van der Waals surface area contributed by atoms with Gasteiger partial charge in [0.1, 0.15) is 11.6 Å². The molecule has 1 atom stereocenters. The molecule has 0 fully saturated rings. The summed E-state index contributed by atoms with van der Waals surface area (Å²) in [5.74, 6) is -0.249. The molecule has 8 heteroatoms. The molecule has 7 nitrogen and oxygen atoms in total. The number of benzene rings is 1. The van der Waals surface area contributed by atoms with Crippen molar-refractivity contribution in [2.24, 2.45) is 0 Å². The second-order valence-electron chi connectivity index (χ2n) is 7.92. The standard InChI is InChI=1S/C21H23ClN2O5/c1-4-28-20(27)23-17-15-13(22)9-10-14(16(15)29-21(17,2)3)24-18(25)11-7-5-6-8-12(11)19(24)26/h9-10,17H,4-8H2,1-3H3,(H,23,27)/t17-/m1/s1. The van der Waals surface area contributed by atoms with Crippen LogP contribution in [0.4, 0.5) is 10.5 Å². The maximum Gasteiger partial charge on any atom is 0.407 e. The van der Waals surface area contributed by atoms with Crippen LogP contribution in [0.25, 0.3) is 0 Å². The van der Waals surface area contributed by atoms with Crippen molar-refractivity contribution < 1.29 is 23.9 Å². The summed E-state index contributed by atoms with van der Waals surface area (Å²) in [7, 11) is 0. The van der Waals surface area contributed by atoms with Crippen molar-refractivity contribution in [3.05, 3.63) is 33.9 Å². The van der Waals surface area contributed by atoms with Gasteiger partial charge in [0, 0.05) is 21.7 Å².